The van der Waals surface area contributed by atoms with Crippen LogP contribution in [-0.2, 0) is 19.0 Å². The van der Waals surface area contributed by atoms with Crippen molar-refractivity contribution in [1.82, 2.24) is 0 Å². The summed E-state index contributed by atoms with van der Waals surface area (Å²) in [6.45, 7) is 0. The Morgan fingerprint density at radius 2 is 1.26 bits per heavy atom. The van der Waals surface area contributed by atoms with Gasteiger partial charge in [0.25, 0.3) is 0 Å². The normalized spacial score (nSPS) is 10.3. The summed E-state index contributed by atoms with van der Waals surface area (Å²) in [5.41, 5.74) is 6.34. The third-order valence-corrected chi connectivity index (χ3v) is 3.16. The number of hydrogen-bond acceptors (Lipinski definition) is 6. The van der Waals surface area contributed by atoms with Crippen LogP contribution in [0, 0.1) is 24.7 Å². The maximum atomic E-state index is 11.6. The lowest BCUT2D eigenvalue weighted by molar-refractivity contribution is 0.280. The first-order chi connectivity index (χ1) is 11.0. The fourth-order valence-electron chi connectivity index (χ4n) is 1.56. The molecule has 0 spiro atoms. The smallest absolute Gasteiger partial charge is 0.247 e. The molecule has 0 saturated carbocycles. The monoisotopic (exact) mass is 328 g/mol. The van der Waals surface area contributed by atoms with E-state index in [1.165, 1.54) is 0 Å². The van der Waals surface area contributed by atoms with Crippen LogP contribution < -0.4 is 11.0 Å². The topological polar surface area (TPSA) is 76.7 Å². The summed E-state index contributed by atoms with van der Waals surface area (Å²) < 4.78 is 32.3. The number of rotatable bonds is 6. The number of hydrogen-bond donors (Lipinski definition) is 2. The first-order valence-corrected chi connectivity index (χ1v) is 7.63. The lowest BCUT2D eigenvalue weighted by Crippen LogP contribution is -2.17. The van der Waals surface area contributed by atoms with Gasteiger partial charge in [-0.15, -0.1) is 21.4 Å². The highest BCUT2D eigenvalue weighted by atomic mass is 32.3. The molecule has 0 aliphatic rings. The maximum absolute atomic E-state index is 11.6. The molecule has 0 aliphatic heterocycles. The molecule has 23 heavy (non-hydrogen) atoms. The van der Waals surface area contributed by atoms with Gasteiger partial charge in [0.1, 0.15) is 0 Å². The van der Waals surface area contributed by atoms with E-state index in [1.54, 1.807) is 48.5 Å². The summed E-state index contributed by atoms with van der Waals surface area (Å²) in [5, 5.41) is 0. The number of terminal acetylenes is 2. The van der Waals surface area contributed by atoms with Gasteiger partial charge < -0.3 is 0 Å². The van der Waals surface area contributed by atoms with Crippen molar-refractivity contribution in [3.63, 3.8) is 0 Å². The van der Waals surface area contributed by atoms with E-state index in [0.29, 0.717) is 22.5 Å². The fourth-order valence-corrected chi connectivity index (χ4v) is 1.99. The Kier molecular flexibility index (Phi) is 5.23. The van der Waals surface area contributed by atoms with E-state index in [9.17, 15) is 8.42 Å². The van der Waals surface area contributed by atoms with Gasteiger partial charge in [0.15, 0.2) is 0 Å². The van der Waals surface area contributed by atoms with Crippen molar-refractivity contribution in [2.45, 2.75) is 0 Å². The zero-order chi connectivity index (χ0) is 16.7. The molecule has 6 nitrogen and oxygen atoms in total. The highest BCUT2D eigenvalue weighted by molar-refractivity contribution is 7.81. The Morgan fingerprint density at radius 3 is 1.65 bits per heavy atom. The average Bonchev–Trinajstić information content (AvgIpc) is 2.59. The Bertz CT molecular complexity index is 812. The van der Waals surface area contributed by atoms with Crippen LogP contribution in [0.2, 0.25) is 0 Å². The van der Waals surface area contributed by atoms with Gasteiger partial charge in [0, 0.05) is 11.1 Å². The highest BCUT2D eigenvalue weighted by Crippen LogP contribution is 2.13. The van der Waals surface area contributed by atoms with Crippen LogP contribution in [0.5, 0.6) is 0 Å². The first kappa shape index (κ1) is 16.4. The van der Waals surface area contributed by atoms with Gasteiger partial charge in [-0.2, -0.15) is 8.42 Å². The molecule has 0 bridgehead atoms. The molecular formula is C16H12N2O4S. The lowest BCUT2D eigenvalue weighted by atomic mass is 10.2. The first-order valence-electron chi connectivity index (χ1n) is 6.29. The van der Waals surface area contributed by atoms with Crippen molar-refractivity contribution in [2.24, 2.45) is 0 Å². The molecule has 2 rings (SSSR count). The zero-order valence-electron chi connectivity index (χ0n) is 11.8. The van der Waals surface area contributed by atoms with Crippen molar-refractivity contribution < 1.29 is 17.0 Å². The van der Waals surface area contributed by atoms with Crippen LogP contribution in [0.4, 0.5) is 11.4 Å². The van der Waals surface area contributed by atoms with Crippen molar-refractivity contribution in [1.29, 1.82) is 0 Å². The van der Waals surface area contributed by atoms with Gasteiger partial charge >= 0.3 is 10.4 Å². The fraction of sp³-hybridized carbons (Fsp3) is 0. The molecule has 2 aromatic rings. The average molecular weight is 328 g/mol. The minimum atomic E-state index is -4.34. The Balaban J connectivity index is 1.94. The van der Waals surface area contributed by atoms with Crippen molar-refractivity contribution in [3.05, 3.63) is 59.7 Å². The van der Waals surface area contributed by atoms with Crippen LogP contribution in [0.15, 0.2) is 48.5 Å². The molecule has 2 aromatic carbocycles. The Labute approximate surface area is 134 Å². The van der Waals surface area contributed by atoms with E-state index in [0.717, 1.165) is 0 Å². The molecule has 7 heteroatoms. The summed E-state index contributed by atoms with van der Waals surface area (Å²) in [4.78, 5) is 0. The maximum Gasteiger partial charge on any atom is 0.441 e. The molecular weight excluding hydrogens is 316 g/mol. The predicted molar refractivity (Wildman–Crippen MR) is 87.1 cm³/mol. The minimum Gasteiger partial charge on any atom is -0.247 e. The molecule has 0 fully saturated rings. The lowest BCUT2D eigenvalue weighted by Gasteiger charge is -2.09. The zero-order valence-corrected chi connectivity index (χ0v) is 12.6. The van der Waals surface area contributed by atoms with Crippen LogP contribution >= 0.6 is 0 Å². The molecule has 116 valence electrons. The quantitative estimate of drug-likeness (QED) is 0.626. The van der Waals surface area contributed by atoms with Crippen LogP contribution in [0.1, 0.15) is 11.1 Å². The third-order valence-electron chi connectivity index (χ3n) is 2.58. The van der Waals surface area contributed by atoms with Crippen molar-refractivity contribution >= 4 is 21.8 Å². The van der Waals surface area contributed by atoms with E-state index in [2.05, 4.69) is 31.4 Å². The third kappa shape index (κ3) is 5.06. The second-order valence-electron chi connectivity index (χ2n) is 4.23. The summed E-state index contributed by atoms with van der Waals surface area (Å²) >= 11 is 0. The van der Waals surface area contributed by atoms with E-state index in [1.807, 2.05) is 0 Å². The van der Waals surface area contributed by atoms with Gasteiger partial charge in [0.2, 0.25) is 0 Å². The highest BCUT2D eigenvalue weighted by Gasteiger charge is 2.13. The molecule has 0 saturated heterocycles. The molecule has 0 aromatic heterocycles. The van der Waals surface area contributed by atoms with Crippen LogP contribution in [0.3, 0.4) is 0 Å². The number of benzene rings is 2. The number of nitrogens with one attached hydrogen (secondary N) is 2. The molecule has 2 N–H and O–H groups in total. The van der Waals surface area contributed by atoms with Crippen molar-refractivity contribution in [2.75, 3.05) is 11.0 Å². The van der Waals surface area contributed by atoms with E-state index >= 15 is 0 Å². The summed E-state index contributed by atoms with van der Waals surface area (Å²) in [6, 6.07) is 12.9. The predicted octanol–water partition coefficient (Wildman–Crippen LogP) is 2.28. The van der Waals surface area contributed by atoms with E-state index < -0.39 is 10.4 Å². The van der Waals surface area contributed by atoms with Gasteiger partial charge in [-0.25, -0.2) is 11.0 Å². The van der Waals surface area contributed by atoms with Gasteiger partial charge in [-0.1, -0.05) is 24.0 Å². The second kappa shape index (κ2) is 7.34. The number of anilines is 2. The van der Waals surface area contributed by atoms with Crippen molar-refractivity contribution in [3.8, 4) is 24.7 Å². The minimum absolute atomic E-state index is 0.363. The Morgan fingerprint density at radius 1 is 0.826 bits per heavy atom. The van der Waals surface area contributed by atoms with Gasteiger partial charge in [0.05, 0.1) is 11.4 Å². The largest absolute Gasteiger partial charge is 0.441 e. The van der Waals surface area contributed by atoms with Crippen LogP contribution in [-0.4, -0.2) is 8.42 Å². The molecule has 0 atom stereocenters. The molecule has 0 aliphatic carbocycles. The molecule has 0 radical (unpaired) electrons. The molecule has 0 unspecified atom stereocenters. The van der Waals surface area contributed by atoms with Gasteiger partial charge in [-0.05, 0) is 36.4 Å². The standard InChI is InChI=1S/C16H12N2O4S/c1-3-13-7-5-9-15(11-13)17-21-23(19,20)22-18-16-10-6-8-14(4-2)12-16/h1-2,5-12,17-18H. The summed E-state index contributed by atoms with van der Waals surface area (Å²) in [7, 11) is -4.34. The Hall–Kier alpha value is -2.97. The van der Waals surface area contributed by atoms with E-state index in [-0.39, 0.29) is 0 Å². The van der Waals surface area contributed by atoms with E-state index in [4.69, 9.17) is 12.8 Å². The molecule has 0 amide bonds. The SMILES string of the molecule is C#Cc1cccc(NOS(=O)(=O)ONc2cccc(C#C)c2)c1. The van der Waals surface area contributed by atoms with Gasteiger partial charge in [-0.3, -0.25) is 0 Å². The summed E-state index contributed by atoms with van der Waals surface area (Å²) in [6.07, 6.45) is 10.5. The summed E-state index contributed by atoms with van der Waals surface area (Å²) in [5.74, 6) is 4.83. The van der Waals surface area contributed by atoms with Crippen LogP contribution in [0.25, 0.3) is 0 Å². The second-order valence-corrected chi connectivity index (χ2v) is 5.38. The molecule has 0 heterocycles.